The van der Waals surface area contributed by atoms with Crippen molar-refractivity contribution in [2.45, 2.75) is 26.3 Å². The van der Waals surface area contributed by atoms with E-state index in [1.54, 1.807) is 24.3 Å². The minimum atomic E-state index is -0.656. The molecule has 1 aromatic heterocycles. The predicted octanol–water partition coefficient (Wildman–Crippen LogP) is 2.41. The molecule has 0 atom stereocenters. The molecule has 144 valence electrons. The van der Waals surface area contributed by atoms with Gasteiger partial charge in [-0.25, -0.2) is 9.07 Å². The maximum atomic E-state index is 13.0. The lowest BCUT2D eigenvalue weighted by atomic mass is 10.1. The Hall–Kier alpha value is -3.55. The second kappa shape index (κ2) is 8.43. The number of nitrogens with one attached hydrogen (secondary N) is 2. The highest BCUT2D eigenvalue weighted by molar-refractivity contribution is 6.06. The lowest BCUT2D eigenvalue weighted by Crippen LogP contribution is -2.42. The van der Waals surface area contributed by atoms with Gasteiger partial charge in [0.25, 0.3) is 17.4 Å². The summed E-state index contributed by atoms with van der Waals surface area (Å²) in [6.07, 6.45) is 1.61. The smallest absolute Gasteiger partial charge is 0.267 e. The topological polar surface area (TPSA) is 93.1 Å². The Balaban J connectivity index is 1.86. The number of benzene rings is 2. The van der Waals surface area contributed by atoms with E-state index in [4.69, 9.17) is 0 Å². The average Bonchev–Trinajstić information content (AvgIpc) is 2.72. The number of unbranched alkanes of at least 4 members (excludes halogenated alkanes) is 1. The zero-order valence-electron chi connectivity index (χ0n) is 15.2. The van der Waals surface area contributed by atoms with Crippen LogP contribution >= 0.6 is 0 Å². The number of rotatable bonds is 5. The summed E-state index contributed by atoms with van der Waals surface area (Å²) in [6, 6.07) is 11.6. The fourth-order valence-corrected chi connectivity index (χ4v) is 2.71. The first-order chi connectivity index (χ1) is 13.5. The Morgan fingerprint density at radius 1 is 1.00 bits per heavy atom. The molecule has 0 saturated carbocycles. The van der Waals surface area contributed by atoms with Crippen LogP contribution in [0, 0.1) is 5.82 Å². The molecule has 1 heterocycles. The molecule has 3 aromatic rings. The minimum absolute atomic E-state index is 0.0331. The molecule has 8 heteroatoms. The molecule has 0 radical (unpaired) electrons. The van der Waals surface area contributed by atoms with Crippen molar-refractivity contribution in [1.82, 2.24) is 20.6 Å². The number of nitrogens with zero attached hydrogens (tertiary/aromatic N) is 2. The molecule has 0 saturated heterocycles. The molecule has 2 amide bonds. The molecule has 7 nitrogen and oxygen atoms in total. The van der Waals surface area contributed by atoms with Crippen LogP contribution in [0.3, 0.4) is 0 Å². The Labute approximate surface area is 160 Å². The average molecular weight is 382 g/mol. The highest BCUT2D eigenvalue weighted by Crippen LogP contribution is 2.13. The number of hydrazine groups is 1. The zero-order chi connectivity index (χ0) is 20.1. The molecule has 0 fully saturated rings. The second-order valence-corrected chi connectivity index (χ2v) is 6.19. The van der Waals surface area contributed by atoms with Gasteiger partial charge in [-0.3, -0.25) is 25.2 Å². The predicted molar refractivity (Wildman–Crippen MR) is 102 cm³/mol. The molecule has 0 aliphatic heterocycles. The molecule has 0 unspecified atom stereocenters. The van der Waals surface area contributed by atoms with Gasteiger partial charge in [-0.2, -0.15) is 5.10 Å². The van der Waals surface area contributed by atoms with E-state index in [1.165, 1.54) is 16.8 Å². The first kappa shape index (κ1) is 19.2. The standard InChI is InChI=1S/C20H19FN4O3/c1-2-3-12-25-20(28)16-7-5-4-6-15(16)17(24-25)19(27)23-22-18(26)13-8-10-14(21)11-9-13/h4-11H,2-3,12H2,1H3,(H,22,26)(H,23,27). The molecular formula is C20H19FN4O3. The van der Waals surface area contributed by atoms with Crippen molar-refractivity contribution < 1.29 is 14.0 Å². The Morgan fingerprint density at radius 3 is 2.32 bits per heavy atom. The van der Waals surface area contributed by atoms with E-state index in [9.17, 15) is 18.8 Å². The number of aryl methyl sites for hydroxylation is 1. The van der Waals surface area contributed by atoms with Crippen LogP contribution in [0.15, 0.2) is 53.3 Å². The van der Waals surface area contributed by atoms with Crippen molar-refractivity contribution in [3.8, 4) is 0 Å². The molecule has 28 heavy (non-hydrogen) atoms. The number of amides is 2. The van der Waals surface area contributed by atoms with E-state index in [0.29, 0.717) is 17.3 Å². The van der Waals surface area contributed by atoms with Gasteiger partial charge >= 0.3 is 0 Å². The molecule has 3 rings (SSSR count). The van der Waals surface area contributed by atoms with E-state index in [2.05, 4.69) is 16.0 Å². The molecule has 0 bridgehead atoms. The van der Waals surface area contributed by atoms with E-state index < -0.39 is 17.6 Å². The third-order valence-electron chi connectivity index (χ3n) is 4.20. The normalized spacial score (nSPS) is 10.6. The third-order valence-corrected chi connectivity index (χ3v) is 4.20. The molecular weight excluding hydrogens is 363 g/mol. The van der Waals surface area contributed by atoms with Gasteiger partial charge in [-0.1, -0.05) is 31.5 Å². The maximum absolute atomic E-state index is 13.0. The monoisotopic (exact) mass is 382 g/mol. The Kier molecular flexibility index (Phi) is 5.78. The lowest BCUT2D eigenvalue weighted by molar-refractivity contribution is 0.0843. The lowest BCUT2D eigenvalue weighted by Gasteiger charge is -2.11. The van der Waals surface area contributed by atoms with Crippen LogP contribution in [0.5, 0.6) is 0 Å². The zero-order valence-corrected chi connectivity index (χ0v) is 15.2. The summed E-state index contributed by atoms with van der Waals surface area (Å²) in [7, 11) is 0. The summed E-state index contributed by atoms with van der Waals surface area (Å²) >= 11 is 0. The highest BCUT2D eigenvalue weighted by Gasteiger charge is 2.17. The van der Waals surface area contributed by atoms with Crippen LogP contribution in [0.4, 0.5) is 4.39 Å². The molecule has 0 aliphatic carbocycles. The van der Waals surface area contributed by atoms with Crippen LogP contribution in [0.25, 0.3) is 10.8 Å². The van der Waals surface area contributed by atoms with Gasteiger partial charge in [0.2, 0.25) is 0 Å². The van der Waals surface area contributed by atoms with Crippen LogP contribution in [0.2, 0.25) is 0 Å². The molecule has 0 spiro atoms. The third kappa shape index (κ3) is 4.06. The van der Waals surface area contributed by atoms with Crippen LogP contribution in [0.1, 0.15) is 40.6 Å². The van der Waals surface area contributed by atoms with E-state index in [0.717, 1.165) is 25.0 Å². The summed E-state index contributed by atoms with van der Waals surface area (Å²) in [5, 5.41) is 4.97. The number of halogens is 1. The summed E-state index contributed by atoms with van der Waals surface area (Å²) in [5.41, 5.74) is 4.52. The van der Waals surface area contributed by atoms with Gasteiger partial charge in [0.1, 0.15) is 5.82 Å². The fourth-order valence-electron chi connectivity index (χ4n) is 2.71. The van der Waals surface area contributed by atoms with E-state index in [1.807, 2.05) is 6.92 Å². The van der Waals surface area contributed by atoms with Crippen molar-refractivity contribution in [1.29, 1.82) is 0 Å². The molecule has 2 N–H and O–H groups in total. The number of carbonyl (C=O) groups excluding carboxylic acids is 2. The Morgan fingerprint density at radius 2 is 1.64 bits per heavy atom. The summed E-state index contributed by atoms with van der Waals surface area (Å²) in [5.74, 6) is -1.72. The summed E-state index contributed by atoms with van der Waals surface area (Å²) in [4.78, 5) is 37.3. The number of aromatic nitrogens is 2. The van der Waals surface area contributed by atoms with Gasteiger partial charge in [-0.15, -0.1) is 0 Å². The first-order valence-corrected chi connectivity index (χ1v) is 8.87. The number of hydrogen-bond donors (Lipinski definition) is 2. The molecule has 2 aromatic carbocycles. The van der Waals surface area contributed by atoms with Gasteiger partial charge in [0.05, 0.1) is 5.39 Å². The van der Waals surface area contributed by atoms with Crippen molar-refractivity contribution in [2.24, 2.45) is 0 Å². The van der Waals surface area contributed by atoms with Crippen molar-refractivity contribution in [3.05, 3.63) is 76.0 Å². The van der Waals surface area contributed by atoms with E-state index in [-0.39, 0.29) is 16.8 Å². The second-order valence-electron chi connectivity index (χ2n) is 6.19. The first-order valence-electron chi connectivity index (χ1n) is 8.87. The quantitative estimate of drug-likeness (QED) is 0.663. The van der Waals surface area contributed by atoms with Crippen LogP contribution < -0.4 is 16.4 Å². The number of hydrogen-bond acceptors (Lipinski definition) is 4. The number of fused-ring (bicyclic) bond motifs is 1. The SMILES string of the molecule is CCCCn1nc(C(=O)NNC(=O)c2ccc(F)cc2)c2ccccc2c1=O. The van der Waals surface area contributed by atoms with Crippen molar-refractivity contribution in [2.75, 3.05) is 0 Å². The largest absolute Gasteiger partial charge is 0.290 e. The van der Waals surface area contributed by atoms with E-state index >= 15 is 0 Å². The highest BCUT2D eigenvalue weighted by atomic mass is 19.1. The van der Waals surface area contributed by atoms with Crippen molar-refractivity contribution >= 4 is 22.6 Å². The fraction of sp³-hybridized carbons (Fsp3) is 0.200. The summed E-state index contributed by atoms with van der Waals surface area (Å²) < 4.78 is 14.2. The Bertz CT molecular complexity index is 1080. The molecule has 0 aliphatic rings. The van der Waals surface area contributed by atoms with Crippen LogP contribution in [-0.2, 0) is 6.54 Å². The van der Waals surface area contributed by atoms with Gasteiger partial charge < -0.3 is 0 Å². The maximum Gasteiger partial charge on any atom is 0.290 e. The van der Waals surface area contributed by atoms with Gasteiger partial charge in [0.15, 0.2) is 5.69 Å². The summed E-state index contributed by atoms with van der Waals surface area (Å²) in [6.45, 7) is 2.38. The number of carbonyl (C=O) groups is 2. The minimum Gasteiger partial charge on any atom is -0.267 e. The van der Waals surface area contributed by atoms with Crippen molar-refractivity contribution in [3.63, 3.8) is 0 Å². The van der Waals surface area contributed by atoms with Gasteiger partial charge in [-0.05, 0) is 36.8 Å². The van der Waals surface area contributed by atoms with Gasteiger partial charge in [0, 0.05) is 17.5 Å². The van der Waals surface area contributed by atoms with Crippen LogP contribution in [-0.4, -0.2) is 21.6 Å².